The van der Waals surface area contributed by atoms with Gasteiger partial charge >= 0.3 is 0 Å². The van der Waals surface area contributed by atoms with E-state index in [-0.39, 0.29) is 18.3 Å². The number of nitrogens with zero attached hydrogens (tertiary/aromatic N) is 5. The quantitative estimate of drug-likeness (QED) is 0.618. The van der Waals surface area contributed by atoms with Gasteiger partial charge in [0.25, 0.3) is 5.91 Å². The van der Waals surface area contributed by atoms with Gasteiger partial charge in [-0.15, -0.1) is 10.2 Å². The fourth-order valence-corrected chi connectivity index (χ4v) is 2.53. The summed E-state index contributed by atoms with van der Waals surface area (Å²) in [6.45, 7) is 0.221. The number of amides is 1. The van der Waals surface area contributed by atoms with Gasteiger partial charge in [-0.2, -0.15) is 0 Å². The van der Waals surface area contributed by atoms with Crippen molar-refractivity contribution < 1.29 is 9.18 Å². The van der Waals surface area contributed by atoms with Crippen molar-refractivity contribution in [3.8, 4) is 5.69 Å². The Kier molecular flexibility index (Phi) is 3.70. The second kappa shape index (κ2) is 6.16. The number of carbonyl (C=O) groups excluding carboxylic acids is 1. The van der Waals surface area contributed by atoms with Crippen LogP contribution in [0.2, 0.25) is 0 Å². The molecule has 0 saturated heterocycles. The Labute approximate surface area is 141 Å². The van der Waals surface area contributed by atoms with Crippen LogP contribution in [0, 0.1) is 5.82 Å². The van der Waals surface area contributed by atoms with Gasteiger partial charge in [0.05, 0.1) is 19.1 Å². The average Bonchev–Trinajstić information content (AvgIpc) is 3.28. The zero-order valence-corrected chi connectivity index (χ0v) is 13.0. The highest BCUT2D eigenvalue weighted by atomic mass is 19.1. The van der Waals surface area contributed by atoms with Crippen LogP contribution >= 0.6 is 0 Å². The number of pyridine rings is 1. The van der Waals surface area contributed by atoms with E-state index in [9.17, 15) is 9.18 Å². The highest BCUT2D eigenvalue weighted by molar-refractivity contribution is 5.92. The van der Waals surface area contributed by atoms with E-state index in [4.69, 9.17) is 0 Å². The number of benzene rings is 1. The van der Waals surface area contributed by atoms with E-state index in [1.54, 1.807) is 21.1 Å². The van der Waals surface area contributed by atoms with Crippen molar-refractivity contribution in [3.05, 3.63) is 78.5 Å². The standard InChI is InChI=1S/C17H13FN6O/c18-12-4-6-13(7-5-12)24-11-19-9-14(24)17(25)20-10-16-22-21-15-3-1-2-8-23(15)16/h1-9,11H,10H2,(H,20,25). The molecule has 4 aromatic rings. The van der Waals surface area contributed by atoms with E-state index in [0.29, 0.717) is 22.9 Å². The lowest BCUT2D eigenvalue weighted by Crippen LogP contribution is -2.26. The van der Waals surface area contributed by atoms with Crippen LogP contribution in [0.15, 0.2) is 61.2 Å². The van der Waals surface area contributed by atoms with Crippen LogP contribution in [0.1, 0.15) is 16.3 Å². The third-order valence-electron chi connectivity index (χ3n) is 3.77. The molecule has 3 aromatic heterocycles. The van der Waals surface area contributed by atoms with Crippen molar-refractivity contribution >= 4 is 11.6 Å². The van der Waals surface area contributed by atoms with E-state index in [2.05, 4.69) is 20.5 Å². The minimum absolute atomic E-state index is 0.221. The Morgan fingerprint density at radius 1 is 1.12 bits per heavy atom. The molecule has 0 bridgehead atoms. The van der Waals surface area contributed by atoms with Gasteiger partial charge in [0.2, 0.25) is 0 Å². The predicted molar refractivity (Wildman–Crippen MR) is 87.7 cm³/mol. The minimum Gasteiger partial charge on any atom is -0.343 e. The molecule has 1 N–H and O–H groups in total. The van der Waals surface area contributed by atoms with Gasteiger partial charge in [-0.05, 0) is 36.4 Å². The highest BCUT2D eigenvalue weighted by Gasteiger charge is 2.14. The van der Waals surface area contributed by atoms with Gasteiger partial charge in [-0.1, -0.05) is 6.07 Å². The molecule has 25 heavy (non-hydrogen) atoms. The van der Waals surface area contributed by atoms with E-state index < -0.39 is 0 Å². The summed E-state index contributed by atoms with van der Waals surface area (Å²) in [5.41, 5.74) is 1.71. The zero-order valence-electron chi connectivity index (χ0n) is 13.0. The lowest BCUT2D eigenvalue weighted by molar-refractivity contribution is 0.0943. The van der Waals surface area contributed by atoms with Crippen LogP contribution in [0.3, 0.4) is 0 Å². The molecule has 0 atom stereocenters. The first-order valence-corrected chi connectivity index (χ1v) is 7.57. The maximum atomic E-state index is 13.1. The molecule has 1 aromatic carbocycles. The second-order valence-corrected chi connectivity index (χ2v) is 5.35. The summed E-state index contributed by atoms with van der Waals surface area (Å²) in [5.74, 6) is -0.0279. The zero-order chi connectivity index (χ0) is 17.2. The van der Waals surface area contributed by atoms with Gasteiger partial charge in [0.1, 0.15) is 11.5 Å². The van der Waals surface area contributed by atoms with E-state index in [1.165, 1.54) is 24.7 Å². The molecule has 1 amide bonds. The molecule has 7 nitrogen and oxygen atoms in total. The topological polar surface area (TPSA) is 77.1 Å². The molecule has 0 saturated carbocycles. The van der Waals surface area contributed by atoms with Crippen molar-refractivity contribution in [3.63, 3.8) is 0 Å². The number of imidazole rings is 1. The lowest BCUT2D eigenvalue weighted by atomic mass is 10.3. The summed E-state index contributed by atoms with van der Waals surface area (Å²) in [6, 6.07) is 11.4. The number of carbonyl (C=O) groups is 1. The van der Waals surface area contributed by atoms with Crippen LogP contribution < -0.4 is 5.32 Å². The molecule has 0 unspecified atom stereocenters. The first-order valence-electron chi connectivity index (χ1n) is 7.57. The van der Waals surface area contributed by atoms with Crippen molar-refractivity contribution in [2.45, 2.75) is 6.54 Å². The lowest BCUT2D eigenvalue weighted by Gasteiger charge is -2.08. The third kappa shape index (κ3) is 2.85. The van der Waals surface area contributed by atoms with E-state index in [0.717, 1.165) is 0 Å². The fourth-order valence-electron chi connectivity index (χ4n) is 2.53. The number of halogens is 1. The molecule has 3 heterocycles. The number of hydrogen-bond acceptors (Lipinski definition) is 4. The van der Waals surface area contributed by atoms with Gasteiger partial charge in [0, 0.05) is 11.9 Å². The molecule has 0 aliphatic carbocycles. The Balaban J connectivity index is 1.54. The maximum Gasteiger partial charge on any atom is 0.270 e. The fraction of sp³-hybridized carbons (Fsp3) is 0.0588. The summed E-state index contributed by atoms with van der Waals surface area (Å²) < 4.78 is 16.5. The molecule has 0 fully saturated rings. The Morgan fingerprint density at radius 2 is 1.96 bits per heavy atom. The molecule has 0 aliphatic rings. The molecule has 4 rings (SSSR count). The first kappa shape index (κ1) is 15.0. The van der Waals surface area contributed by atoms with E-state index in [1.807, 2.05) is 24.4 Å². The molecule has 0 spiro atoms. The van der Waals surface area contributed by atoms with Gasteiger partial charge in [-0.3, -0.25) is 13.8 Å². The van der Waals surface area contributed by atoms with Crippen LogP contribution in [0.4, 0.5) is 4.39 Å². The van der Waals surface area contributed by atoms with Crippen molar-refractivity contribution in [1.82, 2.24) is 29.5 Å². The summed E-state index contributed by atoms with van der Waals surface area (Å²) >= 11 is 0. The number of fused-ring (bicyclic) bond motifs is 1. The van der Waals surface area contributed by atoms with Crippen molar-refractivity contribution in [2.24, 2.45) is 0 Å². The van der Waals surface area contributed by atoms with Crippen molar-refractivity contribution in [2.75, 3.05) is 0 Å². The normalized spacial score (nSPS) is 10.9. The Bertz CT molecular complexity index is 1040. The second-order valence-electron chi connectivity index (χ2n) is 5.35. The summed E-state index contributed by atoms with van der Waals surface area (Å²) in [7, 11) is 0. The predicted octanol–water partition coefficient (Wildman–Crippen LogP) is 1.98. The van der Waals surface area contributed by atoms with Gasteiger partial charge < -0.3 is 5.32 Å². The number of nitrogens with one attached hydrogen (secondary N) is 1. The average molecular weight is 336 g/mol. The molecular formula is C17H13FN6O. The summed E-state index contributed by atoms with van der Waals surface area (Å²) in [5, 5.41) is 10.9. The van der Waals surface area contributed by atoms with Gasteiger partial charge in [0.15, 0.2) is 11.5 Å². The first-order chi connectivity index (χ1) is 12.2. The largest absolute Gasteiger partial charge is 0.343 e. The SMILES string of the molecule is O=C(NCc1nnc2ccccn12)c1cncn1-c1ccc(F)cc1. The van der Waals surface area contributed by atoms with Crippen LogP contribution in [-0.4, -0.2) is 30.1 Å². The number of rotatable bonds is 4. The number of aromatic nitrogens is 5. The monoisotopic (exact) mass is 336 g/mol. The smallest absolute Gasteiger partial charge is 0.270 e. The molecule has 0 radical (unpaired) electrons. The molecule has 124 valence electrons. The number of hydrogen-bond donors (Lipinski definition) is 1. The Morgan fingerprint density at radius 3 is 2.80 bits per heavy atom. The van der Waals surface area contributed by atoms with Gasteiger partial charge in [-0.25, -0.2) is 9.37 Å². The minimum atomic E-state index is -0.339. The highest BCUT2D eigenvalue weighted by Crippen LogP contribution is 2.12. The third-order valence-corrected chi connectivity index (χ3v) is 3.77. The molecular weight excluding hydrogens is 323 g/mol. The maximum absolute atomic E-state index is 13.1. The van der Waals surface area contributed by atoms with Crippen LogP contribution in [0.5, 0.6) is 0 Å². The molecule has 0 aliphatic heterocycles. The van der Waals surface area contributed by atoms with Crippen LogP contribution in [0.25, 0.3) is 11.3 Å². The van der Waals surface area contributed by atoms with Crippen LogP contribution in [-0.2, 0) is 6.54 Å². The summed E-state index contributed by atoms with van der Waals surface area (Å²) in [6.07, 6.45) is 4.80. The van der Waals surface area contributed by atoms with E-state index >= 15 is 0 Å². The Hall–Kier alpha value is -3.55. The van der Waals surface area contributed by atoms with Crippen molar-refractivity contribution in [1.29, 1.82) is 0 Å². The summed E-state index contributed by atoms with van der Waals surface area (Å²) in [4.78, 5) is 16.5. The molecule has 8 heteroatoms.